The van der Waals surface area contributed by atoms with Crippen molar-refractivity contribution in [3.05, 3.63) is 35.4 Å². The van der Waals surface area contributed by atoms with Gasteiger partial charge in [-0.2, -0.15) is 13.2 Å². The van der Waals surface area contributed by atoms with Gasteiger partial charge < -0.3 is 10.4 Å². The number of alkyl halides is 3. The Kier molecular flexibility index (Phi) is 4.82. The zero-order chi connectivity index (χ0) is 18.1. The highest BCUT2D eigenvalue weighted by atomic mass is 19.4. The summed E-state index contributed by atoms with van der Waals surface area (Å²) in [4.78, 5) is 23.3. The molecule has 0 aliphatic heterocycles. The van der Waals surface area contributed by atoms with Gasteiger partial charge in [0.05, 0.1) is 11.8 Å². The number of hydrogen-bond acceptors (Lipinski definition) is 2. The molecule has 2 rings (SSSR count). The smallest absolute Gasteiger partial charge is 0.391 e. The summed E-state index contributed by atoms with van der Waals surface area (Å²) in [5.41, 5.74) is -2.22. The molecule has 0 aromatic heterocycles. The first kappa shape index (κ1) is 18.2. The van der Waals surface area contributed by atoms with Gasteiger partial charge >= 0.3 is 12.1 Å². The molecule has 9 heteroatoms. The van der Waals surface area contributed by atoms with Crippen molar-refractivity contribution in [1.82, 2.24) is 5.32 Å². The first-order valence-electron chi connectivity index (χ1n) is 7.12. The Labute approximate surface area is 133 Å². The molecule has 1 unspecified atom stereocenters. The van der Waals surface area contributed by atoms with Gasteiger partial charge in [0.1, 0.15) is 17.7 Å². The molecule has 1 fully saturated rings. The minimum Gasteiger partial charge on any atom is -0.480 e. The molecule has 0 bridgehead atoms. The number of halogens is 5. The molecule has 24 heavy (non-hydrogen) atoms. The maximum absolute atomic E-state index is 14.0. The van der Waals surface area contributed by atoms with E-state index in [0.717, 1.165) is 18.2 Å². The van der Waals surface area contributed by atoms with E-state index in [1.165, 1.54) is 0 Å². The van der Waals surface area contributed by atoms with Crippen LogP contribution in [0.2, 0.25) is 0 Å². The van der Waals surface area contributed by atoms with E-state index in [0.29, 0.717) is 6.42 Å². The third-order valence-electron chi connectivity index (χ3n) is 4.12. The zero-order valence-corrected chi connectivity index (χ0v) is 12.3. The number of nitrogens with one attached hydrogen (secondary N) is 1. The molecule has 1 aliphatic rings. The van der Waals surface area contributed by atoms with E-state index >= 15 is 0 Å². The maximum atomic E-state index is 14.0. The third kappa shape index (κ3) is 3.49. The molecule has 1 amide bonds. The molecule has 0 heterocycles. The van der Waals surface area contributed by atoms with Crippen molar-refractivity contribution < 1.29 is 36.6 Å². The molecular weight excluding hydrogens is 337 g/mol. The molecular formula is C15H14F5NO3. The fourth-order valence-electron chi connectivity index (χ4n) is 2.80. The van der Waals surface area contributed by atoms with E-state index in [1.807, 2.05) is 0 Å². The molecule has 0 spiro atoms. The number of carbonyl (C=O) groups is 2. The van der Waals surface area contributed by atoms with Crippen molar-refractivity contribution in [1.29, 1.82) is 0 Å². The Morgan fingerprint density at radius 1 is 1.21 bits per heavy atom. The van der Waals surface area contributed by atoms with Crippen molar-refractivity contribution >= 4 is 11.9 Å². The Bertz CT molecular complexity index is 635. The van der Waals surface area contributed by atoms with Crippen LogP contribution in [0.1, 0.15) is 31.2 Å². The lowest BCUT2D eigenvalue weighted by Crippen LogP contribution is -2.55. The molecule has 1 aromatic carbocycles. The predicted octanol–water partition coefficient (Wildman–Crippen LogP) is 2.91. The number of aliphatic carboxylic acids is 1. The van der Waals surface area contributed by atoms with Crippen molar-refractivity contribution in [3.8, 4) is 0 Å². The summed E-state index contributed by atoms with van der Waals surface area (Å²) in [6.07, 6.45) is -6.10. The minimum absolute atomic E-state index is 0.0229. The van der Waals surface area contributed by atoms with Gasteiger partial charge in [-0.25, -0.2) is 13.6 Å². The van der Waals surface area contributed by atoms with E-state index in [9.17, 15) is 31.5 Å². The van der Waals surface area contributed by atoms with E-state index < -0.39 is 53.1 Å². The average molecular weight is 351 g/mol. The van der Waals surface area contributed by atoms with Gasteiger partial charge in [0, 0.05) is 5.56 Å². The molecule has 1 atom stereocenters. The topological polar surface area (TPSA) is 66.4 Å². The van der Waals surface area contributed by atoms with Gasteiger partial charge in [-0.1, -0.05) is 12.5 Å². The molecule has 0 saturated heterocycles. The quantitative estimate of drug-likeness (QED) is 0.802. The van der Waals surface area contributed by atoms with Crippen LogP contribution in [0.3, 0.4) is 0 Å². The van der Waals surface area contributed by atoms with Crippen LogP contribution >= 0.6 is 0 Å². The average Bonchev–Trinajstić information content (AvgIpc) is 2.38. The van der Waals surface area contributed by atoms with Crippen LogP contribution in [0, 0.1) is 11.6 Å². The summed E-state index contributed by atoms with van der Waals surface area (Å²) in [7, 11) is 0. The van der Waals surface area contributed by atoms with Crippen molar-refractivity contribution in [2.24, 2.45) is 0 Å². The normalized spacial score (nSPS) is 17.7. The fourth-order valence-corrected chi connectivity index (χ4v) is 2.80. The monoisotopic (exact) mass is 351 g/mol. The Morgan fingerprint density at radius 2 is 1.75 bits per heavy atom. The van der Waals surface area contributed by atoms with Gasteiger partial charge in [0.15, 0.2) is 0 Å². The standard InChI is InChI=1S/C15H14F5NO3/c16-8-3-1-4-9(17)11(8)14(5-2-6-14)13(24)21-10(12(22)23)7-15(18,19)20/h1,3-4,10H,2,5-7H2,(H,21,24)(H,22,23). The first-order chi connectivity index (χ1) is 11.1. The van der Waals surface area contributed by atoms with E-state index in [1.54, 1.807) is 5.32 Å². The lowest BCUT2D eigenvalue weighted by Gasteiger charge is -2.41. The number of carboxylic acids is 1. The fraction of sp³-hybridized carbons (Fsp3) is 0.467. The van der Waals surface area contributed by atoms with E-state index in [2.05, 4.69) is 0 Å². The van der Waals surface area contributed by atoms with Crippen molar-refractivity contribution in [2.45, 2.75) is 43.3 Å². The van der Waals surface area contributed by atoms with E-state index in [-0.39, 0.29) is 12.8 Å². The Balaban J connectivity index is 2.30. The highest BCUT2D eigenvalue weighted by Gasteiger charge is 2.50. The summed E-state index contributed by atoms with van der Waals surface area (Å²) in [5.74, 6) is -4.97. The minimum atomic E-state index is -4.81. The van der Waals surface area contributed by atoms with Crippen molar-refractivity contribution in [2.75, 3.05) is 0 Å². The number of carboxylic acid groups (broad SMARTS) is 1. The second-order valence-corrected chi connectivity index (χ2v) is 5.72. The molecule has 132 valence electrons. The second kappa shape index (κ2) is 6.37. The van der Waals surface area contributed by atoms with Gasteiger partial charge in [0.2, 0.25) is 5.91 Å². The summed E-state index contributed by atoms with van der Waals surface area (Å²) < 4.78 is 65.2. The lowest BCUT2D eigenvalue weighted by molar-refractivity contribution is -0.161. The molecule has 2 N–H and O–H groups in total. The van der Waals surface area contributed by atoms with Crippen molar-refractivity contribution in [3.63, 3.8) is 0 Å². The van der Waals surface area contributed by atoms with Gasteiger partial charge in [0.25, 0.3) is 0 Å². The maximum Gasteiger partial charge on any atom is 0.391 e. The molecule has 1 aliphatic carbocycles. The number of benzene rings is 1. The van der Waals surface area contributed by atoms with E-state index in [4.69, 9.17) is 5.11 Å². The second-order valence-electron chi connectivity index (χ2n) is 5.72. The van der Waals surface area contributed by atoms with Crippen LogP contribution in [0.15, 0.2) is 18.2 Å². The SMILES string of the molecule is O=C(O)C(CC(F)(F)F)NC(=O)C1(c2c(F)cccc2F)CCC1. The van der Waals surface area contributed by atoms with Crippen LogP contribution in [-0.2, 0) is 15.0 Å². The predicted molar refractivity (Wildman–Crippen MR) is 72.1 cm³/mol. The summed E-state index contributed by atoms with van der Waals surface area (Å²) in [6.45, 7) is 0. The molecule has 1 saturated carbocycles. The van der Waals surface area contributed by atoms with Gasteiger partial charge in [-0.05, 0) is 25.0 Å². The largest absolute Gasteiger partial charge is 0.480 e. The van der Waals surface area contributed by atoms with Gasteiger partial charge in [-0.15, -0.1) is 0 Å². The van der Waals surface area contributed by atoms with Crippen LogP contribution < -0.4 is 5.32 Å². The number of rotatable bonds is 5. The number of carbonyl (C=O) groups excluding carboxylic acids is 1. The first-order valence-corrected chi connectivity index (χ1v) is 7.12. The summed E-state index contributed by atoms with van der Waals surface area (Å²) in [5, 5.41) is 10.6. The van der Waals surface area contributed by atoms with Gasteiger partial charge in [-0.3, -0.25) is 4.79 Å². The molecule has 0 radical (unpaired) electrons. The molecule has 4 nitrogen and oxygen atoms in total. The molecule has 1 aromatic rings. The Hall–Kier alpha value is -2.19. The zero-order valence-electron chi connectivity index (χ0n) is 12.3. The number of hydrogen-bond donors (Lipinski definition) is 2. The highest BCUT2D eigenvalue weighted by Crippen LogP contribution is 2.46. The van der Waals surface area contributed by atoms with Crippen LogP contribution in [0.25, 0.3) is 0 Å². The Morgan fingerprint density at radius 3 is 2.12 bits per heavy atom. The van der Waals surface area contributed by atoms with Crippen LogP contribution in [0.4, 0.5) is 22.0 Å². The summed E-state index contributed by atoms with van der Waals surface area (Å²) in [6, 6.07) is 0.763. The summed E-state index contributed by atoms with van der Waals surface area (Å²) >= 11 is 0. The van der Waals surface area contributed by atoms with Crippen LogP contribution in [0.5, 0.6) is 0 Å². The highest BCUT2D eigenvalue weighted by molar-refractivity contribution is 5.92. The number of amides is 1. The lowest BCUT2D eigenvalue weighted by atomic mass is 9.63. The van der Waals surface area contributed by atoms with Crippen LogP contribution in [-0.4, -0.2) is 29.2 Å². The third-order valence-corrected chi connectivity index (χ3v) is 4.12.